The molecule has 3 heterocycles. The van der Waals surface area contributed by atoms with Crippen LogP contribution < -0.4 is 9.80 Å². The van der Waals surface area contributed by atoms with Gasteiger partial charge in [0, 0.05) is 50.3 Å². The normalized spacial score (nSPS) is 17.1. The Morgan fingerprint density at radius 1 is 1.23 bits per heavy atom. The van der Waals surface area contributed by atoms with Gasteiger partial charge in [-0.25, -0.2) is 4.98 Å². The summed E-state index contributed by atoms with van der Waals surface area (Å²) in [6.07, 6.45) is 5.25. The van der Waals surface area contributed by atoms with Crippen LogP contribution in [-0.2, 0) is 14.3 Å². The number of para-hydroxylation sites is 1. The lowest BCUT2D eigenvalue weighted by molar-refractivity contribution is -0.134. The number of carbonyl (C=O) groups is 2. The molecule has 2 fully saturated rings. The molecule has 0 spiro atoms. The van der Waals surface area contributed by atoms with Crippen molar-refractivity contribution in [3.05, 3.63) is 66.5 Å². The zero-order chi connectivity index (χ0) is 27.5. The number of piperazine rings is 1. The number of benzene rings is 1. The van der Waals surface area contributed by atoms with Crippen LogP contribution in [0.1, 0.15) is 43.4 Å². The first-order valence-electron chi connectivity index (χ1n) is 13.3. The fourth-order valence-electron chi connectivity index (χ4n) is 5.25. The Morgan fingerprint density at radius 3 is 2.72 bits per heavy atom. The molecule has 0 bridgehead atoms. The van der Waals surface area contributed by atoms with Crippen molar-refractivity contribution in [2.75, 3.05) is 43.2 Å². The second-order valence-corrected chi connectivity index (χ2v) is 10.00. The Labute approximate surface area is 228 Å². The molecule has 39 heavy (non-hydrogen) atoms. The highest BCUT2D eigenvalue weighted by Gasteiger charge is 2.35. The number of rotatable bonds is 8. The third-order valence-electron chi connectivity index (χ3n) is 7.37. The van der Waals surface area contributed by atoms with Crippen molar-refractivity contribution in [2.24, 2.45) is 0 Å². The average molecular weight is 525 g/mol. The van der Waals surface area contributed by atoms with Crippen molar-refractivity contribution >= 4 is 39.9 Å². The number of methoxy groups -OCH3 is 1. The van der Waals surface area contributed by atoms with Gasteiger partial charge in [-0.05, 0) is 44.0 Å². The summed E-state index contributed by atoms with van der Waals surface area (Å²) in [5.41, 5.74) is 3.22. The van der Waals surface area contributed by atoms with Gasteiger partial charge in [0.15, 0.2) is 0 Å². The summed E-state index contributed by atoms with van der Waals surface area (Å²) in [6.45, 7) is 7.82. The molecule has 2 aliphatic rings. The SMILES string of the molecule is C=CC(=O)N(c1cc(C#N)c(N2CCN(C(=O)CCOC)[C@H](C)C2)nc1C1CC1)c1ccnc2ccccc12. The van der Waals surface area contributed by atoms with Crippen molar-refractivity contribution < 1.29 is 14.3 Å². The molecule has 1 atom stereocenters. The van der Waals surface area contributed by atoms with Crippen LogP contribution in [0.4, 0.5) is 17.2 Å². The Kier molecular flexibility index (Phi) is 7.57. The van der Waals surface area contributed by atoms with Crippen LogP contribution in [0.25, 0.3) is 10.9 Å². The van der Waals surface area contributed by atoms with Crippen molar-refractivity contribution in [3.63, 3.8) is 0 Å². The Morgan fingerprint density at radius 2 is 2.03 bits per heavy atom. The summed E-state index contributed by atoms with van der Waals surface area (Å²) in [7, 11) is 1.59. The summed E-state index contributed by atoms with van der Waals surface area (Å²) in [6, 6.07) is 13.5. The molecule has 0 N–H and O–H groups in total. The minimum atomic E-state index is -0.302. The molecule has 5 rings (SSSR count). The number of aromatic nitrogens is 2. The number of nitriles is 1. The predicted octanol–water partition coefficient (Wildman–Crippen LogP) is 4.30. The third kappa shape index (κ3) is 5.20. The van der Waals surface area contributed by atoms with Crippen molar-refractivity contribution in [1.82, 2.24) is 14.9 Å². The first kappa shape index (κ1) is 26.3. The minimum Gasteiger partial charge on any atom is -0.384 e. The quantitative estimate of drug-likeness (QED) is 0.405. The molecule has 3 aromatic rings. The molecule has 1 saturated carbocycles. The maximum absolute atomic E-state index is 13.4. The van der Waals surface area contributed by atoms with E-state index in [1.807, 2.05) is 42.2 Å². The van der Waals surface area contributed by atoms with E-state index in [4.69, 9.17) is 9.72 Å². The summed E-state index contributed by atoms with van der Waals surface area (Å²) in [4.78, 5) is 41.1. The molecule has 200 valence electrons. The second kappa shape index (κ2) is 11.2. The van der Waals surface area contributed by atoms with Gasteiger partial charge in [0.1, 0.15) is 11.9 Å². The van der Waals surface area contributed by atoms with Gasteiger partial charge in [-0.1, -0.05) is 24.8 Å². The van der Waals surface area contributed by atoms with Gasteiger partial charge < -0.3 is 14.5 Å². The standard InChI is InChI=1S/C30H32N6O3/c1-4-27(37)36(25-11-13-32-24-8-6-5-7-23(24)25)26-17-22(18-31)30(33-29(26)21-9-10-21)34-14-15-35(20(2)19-34)28(38)12-16-39-3/h4-8,11,13,17,20-21H,1,9-10,12,14-16,19H2,2-3H3/t20-/m1/s1. The fourth-order valence-corrected chi connectivity index (χ4v) is 5.25. The van der Waals surface area contributed by atoms with Crippen LogP contribution in [0, 0.1) is 11.3 Å². The Balaban J connectivity index is 1.55. The number of pyridine rings is 2. The lowest BCUT2D eigenvalue weighted by Gasteiger charge is -2.41. The number of ether oxygens (including phenoxy) is 1. The van der Waals surface area contributed by atoms with Gasteiger partial charge in [-0.15, -0.1) is 0 Å². The zero-order valence-electron chi connectivity index (χ0n) is 22.3. The van der Waals surface area contributed by atoms with E-state index in [1.165, 1.54) is 6.08 Å². The highest BCUT2D eigenvalue weighted by molar-refractivity contribution is 6.12. The molecular weight excluding hydrogens is 492 g/mol. The van der Waals surface area contributed by atoms with E-state index in [-0.39, 0.29) is 23.8 Å². The number of carbonyl (C=O) groups excluding carboxylic acids is 2. The lowest BCUT2D eigenvalue weighted by atomic mass is 10.1. The third-order valence-corrected chi connectivity index (χ3v) is 7.37. The first-order valence-corrected chi connectivity index (χ1v) is 13.3. The van der Waals surface area contributed by atoms with E-state index >= 15 is 0 Å². The van der Waals surface area contributed by atoms with Gasteiger partial charge in [0.2, 0.25) is 5.91 Å². The van der Waals surface area contributed by atoms with Crippen molar-refractivity contribution in [2.45, 2.75) is 38.1 Å². The molecule has 9 heteroatoms. The smallest absolute Gasteiger partial charge is 0.255 e. The van der Waals surface area contributed by atoms with Crippen LogP contribution in [0.2, 0.25) is 0 Å². The average Bonchev–Trinajstić information content (AvgIpc) is 3.81. The molecular formula is C30H32N6O3. The molecule has 2 aromatic heterocycles. The van der Waals surface area contributed by atoms with E-state index in [9.17, 15) is 14.9 Å². The van der Waals surface area contributed by atoms with Gasteiger partial charge in [-0.2, -0.15) is 5.26 Å². The maximum atomic E-state index is 13.4. The molecule has 9 nitrogen and oxygen atoms in total. The van der Waals surface area contributed by atoms with Crippen LogP contribution in [0.5, 0.6) is 0 Å². The van der Waals surface area contributed by atoms with Crippen LogP contribution in [-0.4, -0.2) is 66.1 Å². The first-order chi connectivity index (χ1) is 19.0. The second-order valence-electron chi connectivity index (χ2n) is 10.00. The highest BCUT2D eigenvalue weighted by atomic mass is 16.5. The van der Waals surface area contributed by atoms with E-state index in [0.29, 0.717) is 55.4 Å². The van der Waals surface area contributed by atoms with Crippen molar-refractivity contribution in [3.8, 4) is 6.07 Å². The van der Waals surface area contributed by atoms with Crippen LogP contribution in [0.15, 0.2) is 55.3 Å². The fraction of sp³-hybridized carbons (Fsp3) is 0.367. The maximum Gasteiger partial charge on any atom is 0.255 e. The summed E-state index contributed by atoms with van der Waals surface area (Å²) >= 11 is 0. The lowest BCUT2D eigenvalue weighted by Crippen LogP contribution is -2.54. The molecule has 1 aliphatic heterocycles. The van der Waals surface area contributed by atoms with E-state index in [0.717, 1.165) is 29.4 Å². The molecule has 0 radical (unpaired) electrons. The van der Waals surface area contributed by atoms with Crippen molar-refractivity contribution in [1.29, 1.82) is 5.26 Å². The minimum absolute atomic E-state index is 0.0393. The molecule has 1 saturated heterocycles. The number of fused-ring (bicyclic) bond motifs is 1. The topological polar surface area (TPSA) is 103 Å². The number of hydrogen-bond donors (Lipinski definition) is 0. The number of nitrogens with zero attached hydrogens (tertiary/aromatic N) is 6. The van der Waals surface area contributed by atoms with Gasteiger partial charge in [0.25, 0.3) is 5.91 Å². The summed E-state index contributed by atoms with van der Waals surface area (Å²) in [5, 5.41) is 11.0. The Bertz CT molecular complexity index is 1460. The number of hydrogen-bond acceptors (Lipinski definition) is 7. The Hall–Kier alpha value is -4.29. The summed E-state index contributed by atoms with van der Waals surface area (Å²) in [5.74, 6) is 0.566. The van der Waals surface area contributed by atoms with Crippen LogP contribution in [0.3, 0.4) is 0 Å². The molecule has 0 unspecified atom stereocenters. The van der Waals surface area contributed by atoms with Crippen LogP contribution >= 0.6 is 0 Å². The van der Waals surface area contributed by atoms with Gasteiger partial charge >= 0.3 is 0 Å². The van der Waals surface area contributed by atoms with Gasteiger partial charge in [0.05, 0.1) is 41.2 Å². The van der Waals surface area contributed by atoms with Gasteiger partial charge in [-0.3, -0.25) is 19.5 Å². The largest absolute Gasteiger partial charge is 0.384 e. The van der Waals surface area contributed by atoms with E-state index < -0.39 is 0 Å². The zero-order valence-corrected chi connectivity index (χ0v) is 22.3. The monoisotopic (exact) mass is 524 g/mol. The number of amides is 2. The molecule has 1 aromatic carbocycles. The molecule has 1 aliphatic carbocycles. The summed E-state index contributed by atoms with van der Waals surface area (Å²) < 4.78 is 5.07. The van der Waals surface area contributed by atoms with E-state index in [1.54, 1.807) is 24.3 Å². The van der Waals surface area contributed by atoms with E-state index in [2.05, 4.69) is 22.5 Å². The predicted molar refractivity (Wildman–Crippen MR) is 150 cm³/mol. The highest BCUT2D eigenvalue weighted by Crippen LogP contribution is 2.47. The number of anilines is 3. The molecule has 2 amide bonds.